The van der Waals surface area contributed by atoms with Crippen molar-refractivity contribution in [3.8, 4) is 0 Å². The van der Waals surface area contributed by atoms with Crippen LogP contribution in [-0.2, 0) is 45.8 Å². The molecule has 0 bridgehead atoms. The first kappa shape index (κ1) is 41.9. The molecule has 2 saturated heterocycles. The molecule has 2 aliphatic rings. The van der Waals surface area contributed by atoms with Gasteiger partial charge in [0.15, 0.2) is 42.0 Å². The van der Waals surface area contributed by atoms with Gasteiger partial charge in [0.05, 0.1) is 19.5 Å². The number of anilines is 1. The third-order valence-corrected chi connectivity index (χ3v) is 11.0. The normalized spacial score (nSPS) is 28.8. The summed E-state index contributed by atoms with van der Waals surface area (Å²) in [5.74, 6) is -2.48. The Morgan fingerprint density at radius 1 is 0.907 bits per heavy atom. The molecule has 11 atom stereocenters. The number of aromatic nitrogens is 5. The van der Waals surface area contributed by atoms with E-state index in [9.17, 15) is 58.6 Å². The van der Waals surface area contributed by atoms with Gasteiger partial charge in [0.2, 0.25) is 0 Å². The number of nitrogens with two attached hydrogens (primary N) is 2. The van der Waals surface area contributed by atoms with Crippen LogP contribution >= 0.6 is 23.5 Å². The standard InChI is InChI=1S/C24H32N7O20P3/c25-20-14-22(28-7-27-20)31(8-29-14)24-19(37)17(35)13(50-24)6-48-54(44,45)51-53(42,43)47-5-12-16(34)18(36)23(49-12)30-2-1-9(10(3-30)21(26)38)15(33)11(32)4-46-52(39,40)41/h1-3,7-8,12-13,15-19,23-24,33-37H,4-6H2,(H7-,25,26,27,28,38,39,40,41,42,43,44,45)/p+1/t12-,13-,15+,16-,17-,18-,19-,23-,24-/m1/s1. The van der Waals surface area contributed by atoms with E-state index in [1.54, 1.807) is 0 Å². The highest BCUT2D eigenvalue weighted by atomic mass is 31.3. The fourth-order valence-corrected chi connectivity index (χ4v) is 7.69. The number of ketones is 1. The number of Topliss-reactive ketones (excluding diaryl/α,β-unsaturated/α-hetero) is 1. The first-order valence-electron chi connectivity index (χ1n) is 15.0. The minimum atomic E-state index is -5.53. The Kier molecular flexibility index (Phi) is 12.5. The zero-order valence-electron chi connectivity index (χ0n) is 27.0. The number of primary amides is 1. The van der Waals surface area contributed by atoms with Gasteiger partial charge >= 0.3 is 23.5 Å². The average Bonchev–Trinajstić information content (AvgIpc) is 3.74. The lowest BCUT2D eigenvalue weighted by Gasteiger charge is -2.20. The van der Waals surface area contributed by atoms with Crippen LogP contribution < -0.4 is 16.0 Å². The molecule has 27 nitrogen and oxygen atoms in total. The van der Waals surface area contributed by atoms with Crippen LogP contribution in [0.15, 0.2) is 31.1 Å². The fourth-order valence-electron chi connectivity index (χ4n) is 5.30. The molecular weight excluding hydrogens is 799 g/mol. The van der Waals surface area contributed by atoms with E-state index in [1.807, 2.05) is 0 Å². The number of carbonyl (C=O) groups excluding carboxylic acids is 2. The molecule has 13 N–H and O–H groups in total. The molecule has 3 aromatic heterocycles. The first-order chi connectivity index (χ1) is 25.1. The number of amides is 1. The lowest BCUT2D eigenvalue weighted by Crippen LogP contribution is -2.47. The summed E-state index contributed by atoms with van der Waals surface area (Å²) in [7, 11) is -16.1. The molecule has 0 aromatic carbocycles. The highest BCUT2D eigenvalue weighted by molar-refractivity contribution is 7.61. The van der Waals surface area contributed by atoms with E-state index in [2.05, 4.69) is 28.3 Å². The van der Waals surface area contributed by atoms with Gasteiger partial charge in [-0.25, -0.2) is 28.6 Å². The van der Waals surface area contributed by atoms with E-state index >= 15 is 0 Å². The van der Waals surface area contributed by atoms with Crippen LogP contribution in [0.25, 0.3) is 11.2 Å². The van der Waals surface area contributed by atoms with Crippen molar-refractivity contribution in [2.75, 3.05) is 25.6 Å². The maximum atomic E-state index is 12.6. The second-order valence-corrected chi connectivity index (χ2v) is 15.8. The van der Waals surface area contributed by atoms with Crippen LogP contribution in [0.1, 0.15) is 34.5 Å². The molecule has 3 aromatic rings. The number of aliphatic hydroxyl groups excluding tert-OH is 5. The second kappa shape index (κ2) is 16.1. The Morgan fingerprint density at radius 3 is 2.13 bits per heavy atom. The van der Waals surface area contributed by atoms with Crippen LogP contribution in [0.5, 0.6) is 0 Å². The molecule has 30 heteroatoms. The summed E-state index contributed by atoms with van der Waals surface area (Å²) in [5.41, 5.74) is 10.4. The van der Waals surface area contributed by atoms with Crippen molar-refractivity contribution in [1.82, 2.24) is 19.5 Å². The number of phosphoric acid groups is 3. The van der Waals surface area contributed by atoms with Gasteiger partial charge in [0.1, 0.15) is 60.6 Å². The van der Waals surface area contributed by atoms with Gasteiger partial charge in [-0.05, 0) is 0 Å². The highest BCUT2D eigenvalue weighted by Gasteiger charge is 2.50. The molecular formula is C24H33N7O20P3+. The van der Waals surface area contributed by atoms with Crippen molar-refractivity contribution in [2.24, 2.45) is 5.73 Å². The maximum absolute atomic E-state index is 12.6. The van der Waals surface area contributed by atoms with Gasteiger partial charge in [0, 0.05) is 11.6 Å². The Bertz CT molecular complexity index is 2030. The summed E-state index contributed by atoms with van der Waals surface area (Å²) >= 11 is 0. The number of carbonyl (C=O) groups is 2. The van der Waals surface area contributed by atoms with E-state index in [4.69, 9.17) is 35.3 Å². The summed E-state index contributed by atoms with van der Waals surface area (Å²) in [5, 5.41) is 52.5. The molecule has 5 heterocycles. The number of rotatable bonds is 16. The number of phosphoric ester groups is 3. The van der Waals surface area contributed by atoms with Gasteiger partial charge in [-0.3, -0.25) is 27.7 Å². The number of hydrogen-bond acceptors (Lipinski definition) is 20. The molecule has 0 aliphatic carbocycles. The van der Waals surface area contributed by atoms with Crippen molar-refractivity contribution in [1.29, 1.82) is 0 Å². The van der Waals surface area contributed by atoms with Gasteiger partial charge in [-0.15, -0.1) is 0 Å². The third-order valence-electron chi connectivity index (χ3n) is 7.90. The predicted octanol–water partition coefficient (Wildman–Crippen LogP) is -4.30. The van der Waals surface area contributed by atoms with Gasteiger partial charge in [0.25, 0.3) is 12.1 Å². The number of imidazole rings is 1. The number of hydrogen-bond donors (Lipinski definition) is 11. The van der Waals surface area contributed by atoms with E-state index in [-0.39, 0.29) is 17.0 Å². The quantitative estimate of drug-likeness (QED) is 0.0480. The molecule has 1 amide bonds. The number of pyridine rings is 1. The number of nitrogen functional groups attached to an aromatic ring is 1. The van der Waals surface area contributed by atoms with Crippen molar-refractivity contribution in [3.05, 3.63) is 42.2 Å². The minimum absolute atomic E-state index is 0.0139. The van der Waals surface area contributed by atoms with Gasteiger partial charge < -0.3 is 66.0 Å². The first-order valence-corrected chi connectivity index (χ1v) is 19.5. The molecule has 54 heavy (non-hydrogen) atoms. The van der Waals surface area contributed by atoms with E-state index in [1.165, 1.54) is 10.9 Å². The smallest absolute Gasteiger partial charge is 0.387 e. The summed E-state index contributed by atoms with van der Waals surface area (Å²) in [6.45, 7) is -3.28. The Hall–Kier alpha value is -3.27. The van der Waals surface area contributed by atoms with E-state index < -0.39 is 121 Å². The van der Waals surface area contributed by atoms with Crippen molar-refractivity contribution in [3.63, 3.8) is 0 Å². The molecule has 0 saturated carbocycles. The zero-order valence-corrected chi connectivity index (χ0v) is 29.6. The highest BCUT2D eigenvalue weighted by Crippen LogP contribution is 2.60. The maximum Gasteiger partial charge on any atom is 0.481 e. The molecule has 5 rings (SSSR count). The van der Waals surface area contributed by atoms with E-state index in [0.29, 0.717) is 0 Å². The number of aliphatic hydroxyl groups is 5. The monoisotopic (exact) mass is 832 g/mol. The van der Waals surface area contributed by atoms with Gasteiger partial charge in [-0.1, -0.05) is 0 Å². The average molecular weight is 832 g/mol. The minimum Gasteiger partial charge on any atom is -0.387 e. The number of nitrogens with zero attached hydrogens (tertiary/aromatic N) is 5. The summed E-state index contributed by atoms with van der Waals surface area (Å²) in [6.07, 6.45) is -11.1. The largest absolute Gasteiger partial charge is 0.481 e. The fraction of sp³-hybridized carbons (Fsp3) is 0.500. The molecule has 2 fully saturated rings. The third kappa shape index (κ3) is 9.39. The topological polar surface area (TPSA) is 422 Å². The van der Waals surface area contributed by atoms with Crippen LogP contribution in [0.2, 0.25) is 0 Å². The van der Waals surface area contributed by atoms with Crippen molar-refractivity contribution < 1.29 is 100 Å². The molecule has 2 aliphatic heterocycles. The summed E-state index contributed by atoms with van der Waals surface area (Å²) < 4.78 is 66.8. The SMILES string of the molecule is NC(=O)c1c[n+]([C@@H]2O[C@H](COP(=O)(O)OP(=O)(O)OC[C@H]3O[C@@H](n4cnc5c(N)ncnc54)[C@H](O)[C@@H]3O)[C@@H](O)[C@H]2O)ccc1[C@H](O)C(=O)COP(=O)(O)O. The van der Waals surface area contributed by atoms with Crippen LogP contribution in [0, 0.1) is 0 Å². The number of ether oxygens (including phenoxy) is 2. The van der Waals surface area contributed by atoms with Crippen molar-refractivity contribution >= 4 is 52.1 Å². The summed E-state index contributed by atoms with van der Waals surface area (Å²) in [6, 6.07) is 0.961. The van der Waals surface area contributed by atoms with Crippen LogP contribution in [-0.4, -0.2) is 133 Å². The van der Waals surface area contributed by atoms with Crippen LogP contribution in [0.3, 0.4) is 0 Å². The van der Waals surface area contributed by atoms with Crippen LogP contribution in [0.4, 0.5) is 5.82 Å². The Morgan fingerprint density at radius 2 is 1.52 bits per heavy atom. The summed E-state index contributed by atoms with van der Waals surface area (Å²) in [4.78, 5) is 73.9. The van der Waals surface area contributed by atoms with Crippen molar-refractivity contribution in [2.45, 2.75) is 55.2 Å². The predicted molar refractivity (Wildman–Crippen MR) is 167 cm³/mol. The second-order valence-electron chi connectivity index (χ2n) is 11.5. The molecule has 0 spiro atoms. The molecule has 298 valence electrons. The molecule has 2 unspecified atom stereocenters. The number of fused-ring (bicyclic) bond motifs is 1. The van der Waals surface area contributed by atoms with Gasteiger partial charge in [-0.2, -0.15) is 8.88 Å². The van der Waals surface area contributed by atoms with E-state index in [0.717, 1.165) is 29.4 Å². The zero-order chi connectivity index (χ0) is 39.9. The lowest BCUT2D eigenvalue weighted by molar-refractivity contribution is -0.765. The Balaban J connectivity index is 1.17. The molecule has 0 radical (unpaired) electrons. The lowest BCUT2D eigenvalue weighted by atomic mass is 10.0. The Labute approximate surface area is 300 Å².